The molecule has 5 heteroatoms. The maximum absolute atomic E-state index is 12.3. The third kappa shape index (κ3) is 4.46. The van der Waals surface area contributed by atoms with Crippen LogP contribution in [0.3, 0.4) is 0 Å². The number of nitrogens with one attached hydrogen (secondary N) is 1. The van der Waals surface area contributed by atoms with Crippen LogP contribution < -0.4 is 5.32 Å². The van der Waals surface area contributed by atoms with Gasteiger partial charge >= 0.3 is 0 Å². The Bertz CT molecular complexity index is 520. The van der Waals surface area contributed by atoms with Gasteiger partial charge in [0.15, 0.2) is 0 Å². The summed E-state index contributed by atoms with van der Waals surface area (Å²) in [4.78, 5) is 12.8. The fourth-order valence-corrected chi connectivity index (χ4v) is 2.64. The van der Waals surface area contributed by atoms with Gasteiger partial charge in [-0.15, -0.1) is 0 Å². The largest absolute Gasteiger partial charge is 0.348 e. The zero-order valence-corrected chi connectivity index (χ0v) is 13.7. The maximum atomic E-state index is 12.3. The van der Waals surface area contributed by atoms with Gasteiger partial charge in [-0.1, -0.05) is 50.6 Å². The summed E-state index contributed by atoms with van der Waals surface area (Å²) in [6.45, 7) is 7.98. The first kappa shape index (κ1) is 16.9. The van der Waals surface area contributed by atoms with Gasteiger partial charge < -0.3 is 5.32 Å². The second-order valence-electron chi connectivity index (χ2n) is 5.62. The van der Waals surface area contributed by atoms with Gasteiger partial charge in [0, 0.05) is 16.5 Å². The summed E-state index contributed by atoms with van der Waals surface area (Å²) in [6, 6.07) is 8.72. The summed E-state index contributed by atoms with van der Waals surface area (Å²) in [5.41, 5.74) is 1.01. The van der Waals surface area contributed by atoms with Crippen molar-refractivity contribution >= 4 is 28.3 Å². The van der Waals surface area contributed by atoms with Crippen LogP contribution in [0.25, 0.3) is 0 Å². The van der Waals surface area contributed by atoms with Crippen LogP contribution in [0.15, 0.2) is 45.7 Å². The number of halogens is 1. The molecule has 0 fully saturated rings. The van der Waals surface area contributed by atoms with Crippen molar-refractivity contribution in [1.29, 1.82) is 0 Å². The molecule has 0 saturated heterocycles. The number of hydrogen-bond acceptors (Lipinski definition) is 2. The number of rotatable bonds is 4. The number of benzene rings is 1. The van der Waals surface area contributed by atoms with Crippen LogP contribution in [0.2, 0.25) is 0 Å². The van der Waals surface area contributed by atoms with Crippen molar-refractivity contribution in [3.8, 4) is 0 Å². The lowest BCUT2D eigenvalue weighted by atomic mass is 9.88. The van der Waals surface area contributed by atoms with E-state index in [1.165, 1.54) is 0 Å². The molecule has 2 atom stereocenters. The molecule has 0 aliphatic rings. The first-order valence-electron chi connectivity index (χ1n) is 6.35. The van der Waals surface area contributed by atoms with Gasteiger partial charge in [-0.2, -0.15) is 0 Å². The Morgan fingerprint density at radius 2 is 1.85 bits per heavy atom. The molecule has 0 radical (unpaired) electrons. The highest BCUT2D eigenvalue weighted by molar-refractivity contribution is 7.90. The van der Waals surface area contributed by atoms with Crippen molar-refractivity contribution in [3.63, 3.8) is 0 Å². The van der Waals surface area contributed by atoms with Gasteiger partial charge in [0.25, 0.3) is 5.91 Å². The summed E-state index contributed by atoms with van der Waals surface area (Å²) >= 11 is 5.69. The normalized spacial score (nSPS) is 15.6. The second kappa shape index (κ2) is 7.04. The molecule has 0 aliphatic carbocycles. The Labute approximate surface area is 127 Å². The Kier molecular flexibility index (Phi) is 5.96. The molecule has 0 spiro atoms. The molecular weight excluding hydrogens is 294 g/mol. The van der Waals surface area contributed by atoms with Crippen molar-refractivity contribution in [2.24, 2.45) is 5.41 Å². The SMILES string of the molecule is C[C@@H](NC(=O)/C(=C/Cl)S(=O)c1ccccc1)C(C)(C)C. The van der Waals surface area contributed by atoms with Crippen LogP contribution >= 0.6 is 11.6 Å². The lowest BCUT2D eigenvalue weighted by Gasteiger charge is -2.28. The van der Waals surface area contributed by atoms with Crippen LogP contribution in [0, 0.1) is 5.41 Å². The van der Waals surface area contributed by atoms with E-state index in [9.17, 15) is 9.00 Å². The van der Waals surface area contributed by atoms with E-state index in [1.54, 1.807) is 24.3 Å². The highest BCUT2D eigenvalue weighted by atomic mass is 35.5. The minimum absolute atomic E-state index is 0.0607. The van der Waals surface area contributed by atoms with Crippen molar-refractivity contribution < 1.29 is 9.00 Å². The third-order valence-electron chi connectivity index (χ3n) is 3.13. The molecule has 0 saturated carbocycles. The maximum Gasteiger partial charge on any atom is 0.261 e. The molecule has 1 aromatic carbocycles. The van der Waals surface area contributed by atoms with Crippen LogP contribution in [0.5, 0.6) is 0 Å². The molecule has 20 heavy (non-hydrogen) atoms. The van der Waals surface area contributed by atoms with Crippen molar-refractivity contribution in [2.75, 3.05) is 0 Å². The smallest absolute Gasteiger partial charge is 0.261 e. The van der Waals surface area contributed by atoms with E-state index in [0.29, 0.717) is 4.90 Å². The number of carbonyl (C=O) groups excluding carboxylic acids is 1. The standard InChI is InChI=1S/C15H20ClNO2S/c1-11(15(2,3)4)17-14(18)13(10-16)20(19)12-8-6-5-7-9-12/h5-11H,1-4H3,(H,17,18)/b13-10-/t11-,20?/m1/s1. The van der Waals surface area contributed by atoms with Gasteiger partial charge in [0.05, 0.1) is 10.8 Å². The van der Waals surface area contributed by atoms with E-state index < -0.39 is 16.7 Å². The highest BCUT2D eigenvalue weighted by Crippen LogP contribution is 2.20. The molecule has 0 bridgehead atoms. The summed E-state index contributed by atoms with van der Waals surface area (Å²) in [6.07, 6.45) is 0. The molecule has 3 nitrogen and oxygen atoms in total. The van der Waals surface area contributed by atoms with Gasteiger partial charge in [-0.3, -0.25) is 4.79 Å². The minimum Gasteiger partial charge on any atom is -0.348 e. The van der Waals surface area contributed by atoms with Crippen LogP contribution in [-0.4, -0.2) is 16.2 Å². The number of hydrogen-bond donors (Lipinski definition) is 1. The average molecular weight is 314 g/mol. The van der Waals surface area contributed by atoms with Gasteiger partial charge in [0.2, 0.25) is 0 Å². The Morgan fingerprint density at radius 1 is 1.30 bits per heavy atom. The van der Waals surface area contributed by atoms with E-state index in [2.05, 4.69) is 5.32 Å². The van der Waals surface area contributed by atoms with Crippen LogP contribution in [0.4, 0.5) is 0 Å². The van der Waals surface area contributed by atoms with E-state index in [1.807, 2.05) is 33.8 Å². The van der Waals surface area contributed by atoms with Crippen molar-refractivity contribution in [1.82, 2.24) is 5.32 Å². The summed E-state index contributed by atoms with van der Waals surface area (Å²) in [5, 5.41) is 2.84. The predicted octanol–water partition coefficient (Wildman–Crippen LogP) is 3.43. The minimum atomic E-state index is -1.58. The van der Waals surface area contributed by atoms with Crippen LogP contribution in [-0.2, 0) is 15.6 Å². The lowest BCUT2D eigenvalue weighted by molar-refractivity contribution is -0.118. The third-order valence-corrected chi connectivity index (χ3v) is 4.88. The quantitative estimate of drug-likeness (QED) is 0.866. The number of amides is 1. The van der Waals surface area contributed by atoms with Gasteiger partial charge in [-0.25, -0.2) is 4.21 Å². The first-order chi connectivity index (χ1) is 9.27. The summed E-state index contributed by atoms with van der Waals surface area (Å²) in [5.74, 6) is -0.399. The Balaban J connectivity index is 2.88. The second-order valence-corrected chi connectivity index (χ2v) is 7.28. The Morgan fingerprint density at radius 3 is 2.30 bits per heavy atom. The van der Waals surface area contributed by atoms with Crippen molar-refractivity contribution in [2.45, 2.75) is 38.6 Å². The molecule has 0 aromatic heterocycles. The van der Waals surface area contributed by atoms with E-state index in [0.717, 1.165) is 5.54 Å². The molecule has 110 valence electrons. The lowest BCUT2D eigenvalue weighted by Crippen LogP contribution is -2.42. The molecule has 1 aromatic rings. The zero-order chi connectivity index (χ0) is 15.3. The Hall–Kier alpha value is -1.13. The zero-order valence-electron chi connectivity index (χ0n) is 12.1. The number of carbonyl (C=O) groups is 1. The van der Waals surface area contributed by atoms with Gasteiger partial charge in [-0.05, 0) is 24.5 Å². The highest BCUT2D eigenvalue weighted by Gasteiger charge is 2.25. The molecule has 1 amide bonds. The van der Waals surface area contributed by atoms with E-state index >= 15 is 0 Å². The molecule has 1 unspecified atom stereocenters. The fraction of sp³-hybridized carbons (Fsp3) is 0.400. The summed E-state index contributed by atoms with van der Waals surface area (Å²) in [7, 11) is -1.58. The molecular formula is C15H20ClNO2S. The van der Waals surface area contributed by atoms with Crippen LogP contribution in [0.1, 0.15) is 27.7 Å². The van der Waals surface area contributed by atoms with Crippen molar-refractivity contribution in [3.05, 3.63) is 40.8 Å². The van der Waals surface area contributed by atoms with E-state index in [-0.39, 0.29) is 16.4 Å². The first-order valence-corrected chi connectivity index (χ1v) is 7.94. The fourth-order valence-electron chi connectivity index (χ4n) is 1.33. The van der Waals surface area contributed by atoms with Gasteiger partial charge in [0.1, 0.15) is 4.91 Å². The van der Waals surface area contributed by atoms with E-state index in [4.69, 9.17) is 11.6 Å². The molecule has 1 rings (SSSR count). The monoisotopic (exact) mass is 313 g/mol. The molecule has 1 N–H and O–H groups in total. The topological polar surface area (TPSA) is 46.2 Å². The molecule has 0 aliphatic heterocycles. The predicted molar refractivity (Wildman–Crippen MR) is 83.8 cm³/mol. The summed E-state index contributed by atoms with van der Waals surface area (Å²) < 4.78 is 12.3. The average Bonchev–Trinajstić information content (AvgIpc) is 2.39. The molecule has 0 heterocycles.